The molecule has 1 saturated heterocycles. The SMILES string of the molecule is CCCN1CC[C@@H](CC)C[C@H]1C(=O)Nc1c(C)csc1C. The van der Waals surface area contributed by atoms with Crippen LogP contribution in [0.2, 0.25) is 0 Å². The number of likely N-dealkylation sites (tertiary alicyclic amines) is 1. The average molecular weight is 308 g/mol. The summed E-state index contributed by atoms with van der Waals surface area (Å²) in [5.74, 6) is 0.879. The fraction of sp³-hybridized carbons (Fsp3) is 0.706. The molecule has 1 aliphatic heterocycles. The number of rotatable bonds is 5. The van der Waals surface area contributed by atoms with E-state index in [-0.39, 0.29) is 11.9 Å². The van der Waals surface area contributed by atoms with Gasteiger partial charge in [0, 0.05) is 4.88 Å². The van der Waals surface area contributed by atoms with Crippen LogP contribution in [0.4, 0.5) is 5.69 Å². The van der Waals surface area contributed by atoms with Gasteiger partial charge in [-0.05, 0) is 63.1 Å². The van der Waals surface area contributed by atoms with Crippen LogP contribution >= 0.6 is 11.3 Å². The van der Waals surface area contributed by atoms with Crippen molar-refractivity contribution in [2.45, 2.75) is 59.4 Å². The van der Waals surface area contributed by atoms with Crippen LogP contribution in [-0.4, -0.2) is 29.9 Å². The van der Waals surface area contributed by atoms with Crippen molar-refractivity contribution in [2.75, 3.05) is 18.4 Å². The van der Waals surface area contributed by atoms with E-state index in [1.807, 2.05) is 0 Å². The third-order valence-corrected chi connectivity index (χ3v) is 5.65. The molecule has 2 rings (SSSR count). The topological polar surface area (TPSA) is 32.3 Å². The first-order chi connectivity index (χ1) is 10.1. The molecule has 0 spiro atoms. The number of amides is 1. The normalized spacial score (nSPS) is 23.2. The van der Waals surface area contributed by atoms with Gasteiger partial charge in [0.25, 0.3) is 0 Å². The number of aryl methyl sites for hydroxylation is 2. The van der Waals surface area contributed by atoms with E-state index in [0.717, 1.165) is 31.6 Å². The van der Waals surface area contributed by atoms with Crippen LogP contribution in [0.5, 0.6) is 0 Å². The van der Waals surface area contributed by atoms with E-state index < -0.39 is 0 Å². The molecular formula is C17H28N2OS. The van der Waals surface area contributed by atoms with Crippen molar-refractivity contribution in [1.82, 2.24) is 4.90 Å². The van der Waals surface area contributed by atoms with Gasteiger partial charge >= 0.3 is 0 Å². The van der Waals surface area contributed by atoms with Crippen molar-refractivity contribution in [1.29, 1.82) is 0 Å². The number of hydrogen-bond donors (Lipinski definition) is 1. The number of nitrogens with zero attached hydrogens (tertiary/aromatic N) is 1. The molecule has 1 aromatic rings. The zero-order chi connectivity index (χ0) is 15.4. The molecule has 21 heavy (non-hydrogen) atoms. The first-order valence-corrected chi connectivity index (χ1v) is 9.04. The zero-order valence-electron chi connectivity index (χ0n) is 13.7. The van der Waals surface area contributed by atoms with Gasteiger partial charge in [0.05, 0.1) is 11.7 Å². The van der Waals surface area contributed by atoms with Gasteiger partial charge in [-0.15, -0.1) is 11.3 Å². The van der Waals surface area contributed by atoms with Gasteiger partial charge in [-0.2, -0.15) is 0 Å². The van der Waals surface area contributed by atoms with Crippen molar-refractivity contribution in [2.24, 2.45) is 5.92 Å². The van der Waals surface area contributed by atoms with E-state index in [1.165, 1.54) is 23.3 Å². The Balaban J connectivity index is 2.09. The Kier molecular flexibility index (Phi) is 5.82. The van der Waals surface area contributed by atoms with Crippen molar-refractivity contribution in [3.05, 3.63) is 15.8 Å². The highest BCUT2D eigenvalue weighted by Gasteiger charge is 2.32. The molecule has 0 unspecified atom stereocenters. The standard InChI is InChI=1S/C17H28N2OS/c1-5-8-19-9-7-14(6-2)10-15(19)17(20)18-16-12(3)11-21-13(16)4/h11,14-15H,5-10H2,1-4H3,(H,18,20)/t14-,15+/m1/s1. The Morgan fingerprint density at radius 2 is 2.19 bits per heavy atom. The minimum absolute atomic E-state index is 0.0438. The van der Waals surface area contributed by atoms with E-state index in [0.29, 0.717) is 5.92 Å². The molecule has 118 valence electrons. The summed E-state index contributed by atoms with van der Waals surface area (Å²) in [5, 5.41) is 5.31. The molecular weight excluding hydrogens is 280 g/mol. The van der Waals surface area contributed by atoms with Crippen molar-refractivity contribution >= 4 is 22.9 Å². The lowest BCUT2D eigenvalue weighted by Gasteiger charge is -2.38. The minimum Gasteiger partial charge on any atom is -0.323 e. The molecule has 0 bridgehead atoms. The maximum Gasteiger partial charge on any atom is 0.241 e. The molecule has 0 aromatic carbocycles. The molecule has 1 aromatic heterocycles. The Bertz CT molecular complexity index is 464. The number of hydrogen-bond acceptors (Lipinski definition) is 3. The number of piperidine rings is 1. The van der Waals surface area contributed by atoms with Gasteiger partial charge in [0.2, 0.25) is 5.91 Å². The third-order valence-electron chi connectivity index (χ3n) is 4.62. The number of anilines is 1. The monoisotopic (exact) mass is 308 g/mol. The van der Waals surface area contributed by atoms with Crippen LogP contribution in [0.3, 0.4) is 0 Å². The largest absolute Gasteiger partial charge is 0.323 e. The Hall–Kier alpha value is -0.870. The van der Waals surface area contributed by atoms with Gasteiger partial charge < -0.3 is 5.32 Å². The Morgan fingerprint density at radius 1 is 1.43 bits per heavy atom. The molecule has 0 radical (unpaired) electrons. The predicted octanol–water partition coefficient (Wildman–Crippen LogP) is 4.20. The second-order valence-corrected chi connectivity index (χ2v) is 7.27. The minimum atomic E-state index is 0.0438. The summed E-state index contributed by atoms with van der Waals surface area (Å²) in [6, 6.07) is 0.0438. The first kappa shape index (κ1) is 16.5. The van der Waals surface area contributed by atoms with Gasteiger partial charge in [-0.25, -0.2) is 0 Å². The smallest absolute Gasteiger partial charge is 0.241 e. The maximum absolute atomic E-state index is 12.8. The van der Waals surface area contributed by atoms with Gasteiger partial charge in [0.1, 0.15) is 0 Å². The molecule has 0 saturated carbocycles. The van der Waals surface area contributed by atoms with E-state index in [9.17, 15) is 4.79 Å². The molecule has 4 heteroatoms. The quantitative estimate of drug-likeness (QED) is 0.884. The molecule has 1 fully saturated rings. The summed E-state index contributed by atoms with van der Waals surface area (Å²) in [6.45, 7) is 10.7. The van der Waals surface area contributed by atoms with Crippen LogP contribution in [0.15, 0.2) is 5.38 Å². The van der Waals surface area contributed by atoms with E-state index in [2.05, 4.69) is 43.3 Å². The van der Waals surface area contributed by atoms with Gasteiger partial charge in [-0.3, -0.25) is 9.69 Å². The van der Waals surface area contributed by atoms with Crippen LogP contribution in [0, 0.1) is 19.8 Å². The average Bonchev–Trinajstić information content (AvgIpc) is 2.79. The van der Waals surface area contributed by atoms with E-state index >= 15 is 0 Å². The number of carbonyl (C=O) groups is 1. The fourth-order valence-electron chi connectivity index (χ4n) is 3.25. The summed E-state index contributed by atoms with van der Waals surface area (Å²) in [5.41, 5.74) is 2.20. The Morgan fingerprint density at radius 3 is 2.76 bits per heavy atom. The van der Waals surface area contributed by atoms with Crippen LogP contribution in [0.1, 0.15) is 50.0 Å². The van der Waals surface area contributed by atoms with Crippen molar-refractivity contribution < 1.29 is 4.79 Å². The third kappa shape index (κ3) is 3.86. The van der Waals surface area contributed by atoms with Crippen LogP contribution < -0.4 is 5.32 Å². The predicted molar refractivity (Wildman–Crippen MR) is 91.1 cm³/mol. The molecule has 2 atom stereocenters. The molecule has 3 nitrogen and oxygen atoms in total. The van der Waals surface area contributed by atoms with Crippen LogP contribution in [0.25, 0.3) is 0 Å². The highest BCUT2D eigenvalue weighted by molar-refractivity contribution is 7.10. The second kappa shape index (κ2) is 7.41. The van der Waals surface area contributed by atoms with Gasteiger partial charge in [0.15, 0.2) is 0 Å². The lowest BCUT2D eigenvalue weighted by Crippen LogP contribution is -2.49. The summed E-state index contributed by atoms with van der Waals surface area (Å²) < 4.78 is 0. The van der Waals surface area contributed by atoms with E-state index in [4.69, 9.17) is 0 Å². The van der Waals surface area contributed by atoms with Crippen molar-refractivity contribution in [3.63, 3.8) is 0 Å². The molecule has 1 aliphatic rings. The summed E-state index contributed by atoms with van der Waals surface area (Å²) in [4.78, 5) is 16.3. The molecule has 0 aliphatic carbocycles. The van der Waals surface area contributed by atoms with Crippen LogP contribution in [-0.2, 0) is 4.79 Å². The number of carbonyl (C=O) groups excluding carboxylic acids is 1. The lowest BCUT2D eigenvalue weighted by atomic mass is 9.88. The summed E-state index contributed by atoms with van der Waals surface area (Å²) in [7, 11) is 0. The molecule has 1 N–H and O–H groups in total. The number of thiophene rings is 1. The first-order valence-electron chi connectivity index (χ1n) is 8.16. The highest BCUT2D eigenvalue weighted by Crippen LogP contribution is 2.29. The zero-order valence-corrected chi connectivity index (χ0v) is 14.6. The summed E-state index contributed by atoms with van der Waals surface area (Å²) >= 11 is 1.71. The summed E-state index contributed by atoms with van der Waals surface area (Å²) in [6.07, 6.45) is 4.53. The second-order valence-electron chi connectivity index (χ2n) is 6.19. The lowest BCUT2D eigenvalue weighted by molar-refractivity contribution is -0.123. The Labute approximate surface area is 132 Å². The molecule has 2 heterocycles. The number of nitrogens with one attached hydrogen (secondary N) is 1. The van der Waals surface area contributed by atoms with E-state index in [1.54, 1.807) is 11.3 Å². The fourth-order valence-corrected chi connectivity index (χ4v) is 4.05. The highest BCUT2D eigenvalue weighted by atomic mass is 32.1. The van der Waals surface area contributed by atoms with Crippen molar-refractivity contribution in [3.8, 4) is 0 Å². The maximum atomic E-state index is 12.8. The van der Waals surface area contributed by atoms with Gasteiger partial charge in [-0.1, -0.05) is 20.3 Å². The molecule has 1 amide bonds.